The van der Waals surface area contributed by atoms with E-state index in [1.807, 2.05) is 17.9 Å². The molecule has 0 aliphatic heterocycles. The molecule has 0 aromatic heterocycles. The van der Waals surface area contributed by atoms with Gasteiger partial charge in [-0.05, 0) is 45.2 Å². The summed E-state index contributed by atoms with van der Waals surface area (Å²) in [6, 6.07) is 6.74. The first-order chi connectivity index (χ1) is 9.38. The van der Waals surface area contributed by atoms with Crippen LogP contribution >= 0.6 is 0 Å². The van der Waals surface area contributed by atoms with Gasteiger partial charge in [-0.25, -0.2) is 4.39 Å². The molecular formula is C15H24FN3O. The summed E-state index contributed by atoms with van der Waals surface area (Å²) in [6.45, 7) is 5.09. The van der Waals surface area contributed by atoms with Gasteiger partial charge in [-0.1, -0.05) is 12.1 Å². The van der Waals surface area contributed by atoms with Crippen LogP contribution < -0.4 is 16.4 Å². The van der Waals surface area contributed by atoms with Crippen LogP contribution in [0.2, 0.25) is 0 Å². The van der Waals surface area contributed by atoms with E-state index >= 15 is 0 Å². The Hall–Kier alpha value is -1.62. The predicted molar refractivity (Wildman–Crippen MR) is 79.9 cm³/mol. The number of rotatable bonds is 8. The highest BCUT2D eigenvalue weighted by molar-refractivity contribution is 5.83. The van der Waals surface area contributed by atoms with Crippen molar-refractivity contribution in [2.75, 3.05) is 18.0 Å². The van der Waals surface area contributed by atoms with E-state index in [1.165, 1.54) is 6.07 Å². The van der Waals surface area contributed by atoms with E-state index < -0.39 is 11.4 Å². The number of hydrogen-bond acceptors (Lipinski definition) is 3. The molecule has 1 amide bonds. The van der Waals surface area contributed by atoms with Crippen molar-refractivity contribution < 1.29 is 9.18 Å². The van der Waals surface area contributed by atoms with Crippen LogP contribution in [0.1, 0.15) is 33.1 Å². The van der Waals surface area contributed by atoms with Gasteiger partial charge in [-0.2, -0.15) is 0 Å². The fourth-order valence-electron chi connectivity index (χ4n) is 2.08. The highest BCUT2D eigenvalue weighted by atomic mass is 19.1. The van der Waals surface area contributed by atoms with Crippen LogP contribution in [0.5, 0.6) is 0 Å². The summed E-state index contributed by atoms with van der Waals surface area (Å²) in [7, 11) is 0. The Bertz CT molecular complexity index is 448. The maximum atomic E-state index is 13.7. The number of carbonyl (C=O) groups is 1. The summed E-state index contributed by atoms with van der Waals surface area (Å²) >= 11 is 0. The lowest BCUT2D eigenvalue weighted by atomic mass is 9.95. The van der Waals surface area contributed by atoms with Gasteiger partial charge < -0.3 is 16.4 Å². The van der Waals surface area contributed by atoms with Gasteiger partial charge in [0, 0.05) is 13.1 Å². The lowest BCUT2D eigenvalue weighted by Crippen LogP contribution is -2.49. The van der Waals surface area contributed by atoms with Gasteiger partial charge in [-0.15, -0.1) is 0 Å². The van der Waals surface area contributed by atoms with Gasteiger partial charge in [0.05, 0.1) is 11.2 Å². The molecule has 0 saturated heterocycles. The molecule has 0 aliphatic carbocycles. The summed E-state index contributed by atoms with van der Waals surface area (Å²) in [4.78, 5) is 13.1. The maximum absolute atomic E-state index is 13.7. The van der Waals surface area contributed by atoms with E-state index in [9.17, 15) is 9.18 Å². The van der Waals surface area contributed by atoms with Crippen LogP contribution in [-0.4, -0.2) is 24.5 Å². The second-order valence-electron chi connectivity index (χ2n) is 5.27. The van der Waals surface area contributed by atoms with Gasteiger partial charge in [-0.3, -0.25) is 4.79 Å². The minimum atomic E-state index is -0.963. The molecule has 1 rings (SSSR count). The highest BCUT2D eigenvalue weighted by Crippen LogP contribution is 2.19. The highest BCUT2D eigenvalue weighted by Gasteiger charge is 2.24. The average Bonchev–Trinajstić information content (AvgIpc) is 2.40. The predicted octanol–water partition coefficient (Wildman–Crippen LogP) is 2.02. The lowest BCUT2D eigenvalue weighted by Gasteiger charge is -2.25. The largest absolute Gasteiger partial charge is 0.369 e. The third kappa shape index (κ3) is 4.49. The molecule has 112 valence electrons. The minimum Gasteiger partial charge on any atom is -0.369 e. The number of hydrogen-bond donors (Lipinski definition) is 2. The number of carbonyl (C=O) groups excluding carboxylic acids is 1. The number of halogens is 1. The van der Waals surface area contributed by atoms with Crippen molar-refractivity contribution in [3.05, 3.63) is 30.1 Å². The van der Waals surface area contributed by atoms with Crippen molar-refractivity contribution >= 4 is 11.6 Å². The Morgan fingerprint density at radius 3 is 2.55 bits per heavy atom. The molecular weight excluding hydrogens is 257 g/mol. The first kappa shape index (κ1) is 16.4. The first-order valence-electron chi connectivity index (χ1n) is 6.96. The maximum Gasteiger partial charge on any atom is 0.237 e. The lowest BCUT2D eigenvalue weighted by molar-refractivity contribution is -0.122. The third-order valence-electron chi connectivity index (χ3n) is 3.51. The molecule has 1 aromatic rings. The number of anilines is 1. The molecule has 4 N–H and O–H groups in total. The molecule has 0 aliphatic rings. The Morgan fingerprint density at radius 1 is 1.35 bits per heavy atom. The van der Waals surface area contributed by atoms with E-state index in [0.717, 1.165) is 25.9 Å². The number of nitrogens with two attached hydrogens (primary N) is 2. The number of amides is 1. The second kappa shape index (κ2) is 7.24. The summed E-state index contributed by atoms with van der Waals surface area (Å²) < 4.78 is 13.7. The molecule has 0 bridgehead atoms. The molecule has 20 heavy (non-hydrogen) atoms. The Morgan fingerprint density at radius 2 is 2.00 bits per heavy atom. The fourth-order valence-corrected chi connectivity index (χ4v) is 2.08. The standard InChI is InChI=1S/C15H24FN3O/c1-3-19(13-9-5-4-8-12(13)16)11-7-6-10-15(2,18)14(17)20/h4-5,8-9H,3,6-7,10-11,18H2,1-2H3,(H2,17,20). The SMILES string of the molecule is CCN(CCCCC(C)(N)C(N)=O)c1ccccc1F. The second-order valence-corrected chi connectivity index (χ2v) is 5.27. The number of para-hydroxylation sites is 1. The van der Waals surface area contributed by atoms with Crippen LogP contribution in [0.25, 0.3) is 0 Å². The summed E-state index contributed by atoms with van der Waals surface area (Å²) in [5.41, 5.74) is 10.7. The number of benzene rings is 1. The van der Waals surface area contributed by atoms with Gasteiger partial charge in [0.15, 0.2) is 0 Å². The van der Waals surface area contributed by atoms with Crippen LogP contribution in [0.3, 0.4) is 0 Å². The normalized spacial score (nSPS) is 13.8. The van der Waals surface area contributed by atoms with Crippen molar-refractivity contribution in [1.82, 2.24) is 0 Å². The van der Waals surface area contributed by atoms with E-state index in [2.05, 4.69) is 0 Å². The first-order valence-corrected chi connectivity index (χ1v) is 6.96. The average molecular weight is 281 g/mol. The van der Waals surface area contributed by atoms with Crippen molar-refractivity contribution in [2.45, 2.75) is 38.6 Å². The molecule has 1 aromatic carbocycles. The molecule has 5 heteroatoms. The topological polar surface area (TPSA) is 72.3 Å². The molecule has 0 heterocycles. The minimum absolute atomic E-state index is 0.213. The van der Waals surface area contributed by atoms with Crippen molar-refractivity contribution in [3.63, 3.8) is 0 Å². The Balaban J connectivity index is 2.48. The molecule has 1 unspecified atom stereocenters. The molecule has 0 fully saturated rings. The van der Waals surface area contributed by atoms with Gasteiger partial charge in [0.1, 0.15) is 5.82 Å². The van der Waals surface area contributed by atoms with Crippen molar-refractivity contribution in [2.24, 2.45) is 11.5 Å². The zero-order chi connectivity index (χ0) is 15.2. The fraction of sp³-hybridized carbons (Fsp3) is 0.533. The van der Waals surface area contributed by atoms with Gasteiger partial charge in [0.25, 0.3) is 0 Å². The molecule has 0 radical (unpaired) electrons. The molecule has 0 saturated carbocycles. The van der Waals surface area contributed by atoms with E-state index in [1.54, 1.807) is 19.1 Å². The van der Waals surface area contributed by atoms with E-state index in [4.69, 9.17) is 11.5 Å². The van der Waals surface area contributed by atoms with Crippen LogP contribution in [-0.2, 0) is 4.79 Å². The zero-order valence-electron chi connectivity index (χ0n) is 12.2. The summed E-state index contributed by atoms with van der Waals surface area (Å²) in [5, 5.41) is 0. The zero-order valence-corrected chi connectivity index (χ0v) is 12.2. The van der Waals surface area contributed by atoms with Crippen molar-refractivity contribution in [3.8, 4) is 0 Å². The van der Waals surface area contributed by atoms with E-state index in [0.29, 0.717) is 12.1 Å². The molecule has 1 atom stereocenters. The quantitative estimate of drug-likeness (QED) is 0.716. The van der Waals surface area contributed by atoms with Gasteiger partial charge in [0.2, 0.25) is 5.91 Å². The Kier molecular flexibility index (Phi) is 5.95. The van der Waals surface area contributed by atoms with Crippen LogP contribution in [0.4, 0.5) is 10.1 Å². The van der Waals surface area contributed by atoms with Gasteiger partial charge >= 0.3 is 0 Å². The van der Waals surface area contributed by atoms with Crippen molar-refractivity contribution in [1.29, 1.82) is 0 Å². The third-order valence-corrected chi connectivity index (χ3v) is 3.51. The smallest absolute Gasteiger partial charge is 0.237 e. The summed E-state index contributed by atoms with van der Waals surface area (Å²) in [6.07, 6.45) is 2.15. The van der Waals surface area contributed by atoms with E-state index in [-0.39, 0.29) is 5.82 Å². The monoisotopic (exact) mass is 281 g/mol. The summed E-state index contributed by atoms with van der Waals surface area (Å²) in [5.74, 6) is -0.700. The molecule has 4 nitrogen and oxygen atoms in total. The number of unbranched alkanes of at least 4 members (excludes halogenated alkanes) is 1. The number of primary amides is 1. The van der Waals surface area contributed by atoms with Crippen LogP contribution in [0, 0.1) is 5.82 Å². The Labute approximate surface area is 119 Å². The molecule has 0 spiro atoms. The van der Waals surface area contributed by atoms with Crippen LogP contribution in [0.15, 0.2) is 24.3 Å². The number of nitrogens with zero attached hydrogens (tertiary/aromatic N) is 1.